The maximum absolute atomic E-state index is 12.3. The summed E-state index contributed by atoms with van der Waals surface area (Å²) >= 11 is 5.58. The van der Waals surface area contributed by atoms with Crippen molar-refractivity contribution < 1.29 is 13.2 Å². The van der Waals surface area contributed by atoms with E-state index in [1.807, 2.05) is 18.2 Å². The summed E-state index contributed by atoms with van der Waals surface area (Å²) in [6.45, 7) is 1.58. The van der Waals surface area contributed by atoms with Gasteiger partial charge in [-0.15, -0.1) is 11.6 Å². The van der Waals surface area contributed by atoms with Crippen molar-refractivity contribution >= 4 is 21.6 Å². The van der Waals surface area contributed by atoms with Crippen molar-refractivity contribution in [3.63, 3.8) is 0 Å². The van der Waals surface area contributed by atoms with Gasteiger partial charge in [0.25, 0.3) is 0 Å². The Morgan fingerprint density at radius 2 is 2.10 bits per heavy atom. The molecule has 2 rings (SSSR count). The molecule has 21 heavy (non-hydrogen) atoms. The second-order valence-corrected chi connectivity index (χ2v) is 7.51. The summed E-state index contributed by atoms with van der Waals surface area (Å²) in [6, 6.07) is 5.54. The number of hydrogen-bond acceptors (Lipinski definition) is 4. The van der Waals surface area contributed by atoms with Gasteiger partial charge in [0.1, 0.15) is 0 Å². The lowest BCUT2D eigenvalue weighted by atomic mass is 10.1. The third-order valence-corrected chi connectivity index (χ3v) is 5.59. The van der Waals surface area contributed by atoms with E-state index < -0.39 is 10.0 Å². The molecule has 0 aliphatic carbocycles. The van der Waals surface area contributed by atoms with Crippen molar-refractivity contribution in [1.29, 1.82) is 0 Å². The van der Waals surface area contributed by atoms with Crippen molar-refractivity contribution in [2.24, 2.45) is 0 Å². The van der Waals surface area contributed by atoms with E-state index >= 15 is 0 Å². The van der Waals surface area contributed by atoms with Gasteiger partial charge in [0.2, 0.25) is 10.0 Å². The Morgan fingerprint density at radius 3 is 2.71 bits per heavy atom. The Labute approximate surface area is 131 Å². The molecule has 1 aromatic heterocycles. The highest BCUT2D eigenvalue weighted by Crippen LogP contribution is 2.17. The Kier molecular flexibility index (Phi) is 6.41. The molecule has 0 aromatic carbocycles. The smallest absolute Gasteiger partial charge is 0.214 e. The van der Waals surface area contributed by atoms with Crippen molar-refractivity contribution in [1.82, 2.24) is 9.29 Å². The summed E-state index contributed by atoms with van der Waals surface area (Å²) in [7, 11) is -3.21. The van der Waals surface area contributed by atoms with Gasteiger partial charge >= 0.3 is 0 Å². The lowest BCUT2D eigenvalue weighted by Gasteiger charge is -2.31. The maximum atomic E-state index is 12.3. The molecule has 5 nitrogen and oxygen atoms in total. The van der Waals surface area contributed by atoms with E-state index in [1.165, 1.54) is 0 Å². The molecule has 0 bridgehead atoms. The number of halogens is 1. The average molecular weight is 333 g/mol. The number of ether oxygens (including phenoxy) is 1. The first-order valence-corrected chi connectivity index (χ1v) is 9.31. The molecule has 0 radical (unpaired) electrons. The molecule has 0 atom stereocenters. The van der Waals surface area contributed by atoms with Crippen LogP contribution in [0.25, 0.3) is 0 Å². The second-order valence-electron chi connectivity index (χ2n) is 5.05. The van der Waals surface area contributed by atoms with Crippen molar-refractivity contribution in [3.05, 3.63) is 30.1 Å². The molecule has 1 aliphatic rings. The zero-order chi connectivity index (χ0) is 15.1. The lowest BCUT2D eigenvalue weighted by molar-refractivity contribution is 0.0301. The molecule has 1 saturated heterocycles. The quantitative estimate of drug-likeness (QED) is 0.713. The zero-order valence-electron chi connectivity index (χ0n) is 11.9. The van der Waals surface area contributed by atoms with Crippen LogP contribution >= 0.6 is 11.6 Å². The van der Waals surface area contributed by atoms with Gasteiger partial charge in [-0.05, 0) is 25.0 Å². The molecule has 1 aliphatic heterocycles. The van der Waals surface area contributed by atoms with E-state index in [-0.39, 0.29) is 11.9 Å². The second kappa shape index (κ2) is 8.08. The number of alkyl halides is 1. The van der Waals surface area contributed by atoms with Gasteiger partial charge in [0, 0.05) is 37.3 Å². The highest BCUT2D eigenvalue weighted by molar-refractivity contribution is 7.89. The largest absolute Gasteiger partial charge is 0.377 e. The van der Waals surface area contributed by atoms with E-state index in [0.717, 1.165) is 18.5 Å². The van der Waals surface area contributed by atoms with E-state index in [4.69, 9.17) is 16.3 Å². The predicted octanol–water partition coefficient (Wildman–Crippen LogP) is 1.67. The van der Waals surface area contributed by atoms with Gasteiger partial charge in [0.05, 0.1) is 18.5 Å². The number of sulfonamides is 1. The van der Waals surface area contributed by atoms with Crippen molar-refractivity contribution in [3.8, 4) is 0 Å². The minimum Gasteiger partial charge on any atom is -0.377 e. The third kappa shape index (κ3) is 5.21. The van der Waals surface area contributed by atoms with Crippen LogP contribution in [0.1, 0.15) is 18.5 Å². The Bertz CT molecular complexity index is 516. The van der Waals surface area contributed by atoms with Gasteiger partial charge in [-0.25, -0.2) is 12.7 Å². The lowest BCUT2D eigenvalue weighted by Crippen LogP contribution is -2.42. The number of piperidine rings is 1. The van der Waals surface area contributed by atoms with Gasteiger partial charge in [-0.1, -0.05) is 6.07 Å². The van der Waals surface area contributed by atoms with Gasteiger partial charge in [-0.2, -0.15) is 0 Å². The van der Waals surface area contributed by atoms with E-state index in [1.54, 1.807) is 10.5 Å². The first-order valence-electron chi connectivity index (χ1n) is 7.17. The van der Waals surface area contributed by atoms with Crippen molar-refractivity contribution in [2.45, 2.75) is 25.4 Å². The number of aromatic nitrogens is 1. The van der Waals surface area contributed by atoms with Crippen LogP contribution in [0.5, 0.6) is 0 Å². The minimum absolute atomic E-state index is 0.108. The summed E-state index contributed by atoms with van der Waals surface area (Å²) in [6.07, 6.45) is 3.73. The van der Waals surface area contributed by atoms with Gasteiger partial charge in [0.15, 0.2) is 0 Å². The molecule has 0 amide bonds. The average Bonchev–Trinajstić information content (AvgIpc) is 2.52. The highest BCUT2D eigenvalue weighted by atomic mass is 35.5. The molecule has 0 unspecified atom stereocenters. The SMILES string of the molecule is O=S(=O)(CCc1ccccn1)N1CCC(OCCCl)CC1. The van der Waals surface area contributed by atoms with E-state index in [0.29, 0.717) is 32.0 Å². The van der Waals surface area contributed by atoms with Crippen LogP contribution < -0.4 is 0 Å². The van der Waals surface area contributed by atoms with Crippen LogP contribution in [-0.4, -0.2) is 55.1 Å². The molecule has 0 spiro atoms. The maximum Gasteiger partial charge on any atom is 0.214 e. The van der Waals surface area contributed by atoms with Crippen LogP contribution in [0.2, 0.25) is 0 Å². The van der Waals surface area contributed by atoms with Crippen molar-refractivity contribution in [2.75, 3.05) is 31.3 Å². The number of pyridine rings is 1. The summed E-state index contributed by atoms with van der Waals surface area (Å²) in [4.78, 5) is 4.16. The molecule has 2 heterocycles. The number of aryl methyl sites for hydroxylation is 1. The number of hydrogen-bond donors (Lipinski definition) is 0. The summed E-state index contributed by atoms with van der Waals surface area (Å²) in [5, 5.41) is 0. The molecular weight excluding hydrogens is 312 g/mol. The molecule has 0 N–H and O–H groups in total. The van der Waals surface area contributed by atoms with Crippen LogP contribution in [0.15, 0.2) is 24.4 Å². The van der Waals surface area contributed by atoms with E-state index in [2.05, 4.69) is 4.98 Å². The number of nitrogens with zero attached hydrogens (tertiary/aromatic N) is 2. The Hall–Kier alpha value is -0.690. The monoisotopic (exact) mass is 332 g/mol. The van der Waals surface area contributed by atoms with Gasteiger partial charge < -0.3 is 4.74 Å². The molecular formula is C14H21ClN2O3S. The molecule has 0 saturated carbocycles. The minimum atomic E-state index is -3.21. The van der Waals surface area contributed by atoms with Gasteiger partial charge in [-0.3, -0.25) is 4.98 Å². The standard InChI is InChI=1S/C14H21ClN2O3S/c15-7-11-20-14-4-9-17(10-5-14)21(18,19)12-6-13-3-1-2-8-16-13/h1-3,8,14H,4-7,9-12H2. The molecule has 7 heteroatoms. The fourth-order valence-corrected chi connectivity index (χ4v) is 3.98. The normalized spacial score (nSPS) is 18.0. The topological polar surface area (TPSA) is 59.5 Å². The summed E-state index contributed by atoms with van der Waals surface area (Å²) in [5.41, 5.74) is 0.807. The van der Waals surface area contributed by atoms with Crippen LogP contribution in [0.3, 0.4) is 0 Å². The first-order chi connectivity index (χ1) is 10.1. The third-order valence-electron chi connectivity index (χ3n) is 3.57. The number of rotatable bonds is 7. The molecule has 1 aromatic rings. The Balaban J connectivity index is 1.81. The zero-order valence-corrected chi connectivity index (χ0v) is 13.5. The summed E-state index contributed by atoms with van der Waals surface area (Å²) in [5.74, 6) is 0.583. The molecule has 118 valence electrons. The first kappa shape index (κ1) is 16.7. The fraction of sp³-hybridized carbons (Fsp3) is 0.643. The fourth-order valence-electron chi connectivity index (χ4n) is 2.40. The predicted molar refractivity (Wildman–Crippen MR) is 83.0 cm³/mol. The van der Waals surface area contributed by atoms with E-state index in [9.17, 15) is 8.42 Å². The summed E-state index contributed by atoms with van der Waals surface area (Å²) < 4.78 is 31.8. The van der Waals surface area contributed by atoms with Crippen LogP contribution in [0.4, 0.5) is 0 Å². The Morgan fingerprint density at radius 1 is 1.33 bits per heavy atom. The van der Waals surface area contributed by atoms with Crippen LogP contribution in [0, 0.1) is 0 Å². The van der Waals surface area contributed by atoms with Crippen LogP contribution in [-0.2, 0) is 21.2 Å². The highest BCUT2D eigenvalue weighted by Gasteiger charge is 2.28. The molecule has 1 fully saturated rings.